The summed E-state index contributed by atoms with van der Waals surface area (Å²) in [5.41, 5.74) is 0.856. The minimum atomic E-state index is -0.446. The van der Waals surface area contributed by atoms with Gasteiger partial charge in [0, 0.05) is 12.6 Å². The van der Waals surface area contributed by atoms with Crippen LogP contribution < -0.4 is 15.4 Å². The zero-order chi connectivity index (χ0) is 15.7. The summed E-state index contributed by atoms with van der Waals surface area (Å²) in [6.45, 7) is 7.30. The lowest BCUT2D eigenvalue weighted by Crippen LogP contribution is -2.29. The number of halogens is 1. The van der Waals surface area contributed by atoms with Gasteiger partial charge in [-0.1, -0.05) is 26.3 Å². The predicted octanol–water partition coefficient (Wildman–Crippen LogP) is 2.79. The summed E-state index contributed by atoms with van der Waals surface area (Å²) in [7, 11) is 0. The second-order valence-corrected chi connectivity index (χ2v) is 4.96. The average Bonchev–Trinajstić information content (AvgIpc) is 2.46. The molecule has 1 aromatic rings. The summed E-state index contributed by atoms with van der Waals surface area (Å²) < 4.78 is 19.1. The number of nitrogens with one attached hydrogen (secondary N) is 2. The standard InChI is InChI=1S/C16H25FN2O2/c1-4-6-9-19-16(20)11-21-15-8-7-13(10-14(15)17)12(3)18-5-2/h7-8,10,12,18H,4-6,9,11H2,1-3H3,(H,19,20). The van der Waals surface area contributed by atoms with Crippen LogP contribution in [0, 0.1) is 5.82 Å². The number of rotatable bonds is 9. The molecule has 0 fully saturated rings. The van der Waals surface area contributed by atoms with Gasteiger partial charge in [-0.3, -0.25) is 4.79 Å². The largest absolute Gasteiger partial charge is 0.481 e. The van der Waals surface area contributed by atoms with Gasteiger partial charge in [0.25, 0.3) is 5.91 Å². The number of amides is 1. The molecule has 0 spiro atoms. The Morgan fingerprint density at radius 1 is 1.38 bits per heavy atom. The van der Waals surface area contributed by atoms with E-state index in [2.05, 4.69) is 10.6 Å². The van der Waals surface area contributed by atoms with Crippen LogP contribution in [0.3, 0.4) is 0 Å². The summed E-state index contributed by atoms with van der Waals surface area (Å²) in [6, 6.07) is 4.90. The molecule has 0 aromatic heterocycles. The third-order valence-corrected chi connectivity index (χ3v) is 3.18. The lowest BCUT2D eigenvalue weighted by Gasteiger charge is -2.14. The Labute approximate surface area is 126 Å². The first-order valence-electron chi connectivity index (χ1n) is 7.50. The van der Waals surface area contributed by atoms with Crippen molar-refractivity contribution in [2.75, 3.05) is 19.7 Å². The lowest BCUT2D eigenvalue weighted by atomic mass is 10.1. The molecule has 21 heavy (non-hydrogen) atoms. The second-order valence-electron chi connectivity index (χ2n) is 4.96. The van der Waals surface area contributed by atoms with Crippen LogP contribution in [0.4, 0.5) is 4.39 Å². The van der Waals surface area contributed by atoms with Gasteiger partial charge in [0.2, 0.25) is 0 Å². The Morgan fingerprint density at radius 3 is 2.76 bits per heavy atom. The van der Waals surface area contributed by atoms with Crippen molar-refractivity contribution in [3.05, 3.63) is 29.6 Å². The van der Waals surface area contributed by atoms with Crippen molar-refractivity contribution in [1.29, 1.82) is 0 Å². The van der Waals surface area contributed by atoms with Gasteiger partial charge in [0.15, 0.2) is 18.2 Å². The number of hydrogen-bond donors (Lipinski definition) is 2. The molecular formula is C16H25FN2O2. The minimum Gasteiger partial charge on any atom is -0.481 e. The highest BCUT2D eigenvalue weighted by molar-refractivity contribution is 5.77. The summed E-state index contributed by atoms with van der Waals surface area (Å²) in [6.07, 6.45) is 1.94. The molecule has 1 atom stereocenters. The SMILES string of the molecule is CCCCNC(=O)COc1ccc(C(C)NCC)cc1F. The van der Waals surface area contributed by atoms with Gasteiger partial charge in [-0.2, -0.15) is 0 Å². The maximum absolute atomic E-state index is 13.9. The normalized spacial score (nSPS) is 12.0. The maximum atomic E-state index is 13.9. The van der Waals surface area contributed by atoms with Crippen LogP contribution in [0.25, 0.3) is 0 Å². The van der Waals surface area contributed by atoms with Gasteiger partial charge in [-0.15, -0.1) is 0 Å². The van der Waals surface area contributed by atoms with Gasteiger partial charge in [0.1, 0.15) is 0 Å². The highest BCUT2D eigenvalue weighted by Crippen LogP contribution is 2.22. The summed E-state index contributed by atoms with van der Waals surface area (Å²) in [5.74, 6) is -0.570. The molecule has 0 bridgehead atoms. The second kappa shape index (κ2) is 9.34. The van der Waals surface area contributed by atoms with Crippen molar-refractivity contribution in [1.82, 2.24) is 10.6 Å². The van der Waals surface area contributed by atoms with Crippen LogP contribution in [0.15, 0.2) is 18.2 Å². The Balaban J connectivity index is 2.51. The van der Waals surface area contributed by atoms with Gasteiger partial charge < -0.3 is 15.4 Å². The van der Waals surface area contributed by atoms with E-state index < -0.39 is 5.82 Å². The fraction of sp³-hybridized carbons (Fsp3) is 0.562. The fourth-order valence-electron chi connectivity index (χ4n) is 1.93. The Bertz CT molecular complexity index is 452. The number of unbranched alkanes of at least 4 members (excludes halogenated alkanes) is 1. The van der Waals surface area contributed by atoms with E-state index in [1.54, 1.807) is 12.1 Å². The van der Waals surface area contributed by atoms with Crippen molar-refractivity contribution in [3.8, 4) is 5.75 Å². The van der Waals surface area contributed by atoms with E-state index in [0.717, 1.165) is 24.9 Å². The third-order valence-electron chi connectivity index (χ3n) is 3.18. The molecule has 4 nitrogen and oxygen atoms in total. The van der Waals surface area contributed by atoms with Crippen molar-refractivity contribution in [2.45, 2.75) is 39.7 Å². The van der Waals surface area contributed by atoms with Gasteiger partial charge >= 0.3 is 0 Å². The van der Waals surface area contributed by atoms with Crippen LogP contribution in [-0.2, 0) is 4.79 Å². The molecule has 1 amide bonds. The van der Waals surface area contributed by atoms with Gasteiger partial charge in [-0.05, 0) is 37.6 Å². The molecule has 0 aliphatic rings. The molecule has 1 unspecified atom stereocenters. The van der Waals surface area contributed by atoms with Crippen molar-refractivity contribution >= 4 is 5.91 Å². The van der Waals surface area contributed by atoms with Crippen LogP contribution in [0.5, 0.6) is 5.75 Å². The first-order valence-corrected chi connectivity index (χ1v) is 7.50. The summed E-state index contributed by atoms with van der Waals surface area (Å²) >= 11 is 0. The van der Waals surface area contributed by atoms with Crippen molar-refractivity contribution in [3.63, 3.8) is 0 Å². The van der Waals surface area contributed by atoms with Crippen molar-refractivity contribution < 1.29 is 13.9 Å². The topological polar surface area (TPSA) is 50.4 Å². The Kier molecular flexibility index (Phi) is 7.75. The van der Waals surface area contributed by atoms with E-state index in [0.29, 0.717) is 6.54 Å². The molecule has 0 saturated carbocycles. The first-order chi connectivity index (χ1) is 10.1. The zero-order valence-corrected chi connectivity index (χ0v) is 13.0. The smallest absolute Gasteiger partial charge is 0.257 e. The van der Waals surface area contributed by atoms with Crippen LogP contribution in [0.1, 0.15) is 45.2 Å². The van der Waals surface area contributed by atoms with E-state index in [-0.39, 0.29) is 24.3 Å². The maximum Gasteiger partial charge on any atom is 0.257 e. The van der Waals surface area contributed by atoms with Gasteiger partial charge in [0.05, 0.1) is 0 Å². The quantitative estimate of drug-likeness (QED) is 0.689. The molecule has 2 N–H and O–H groups in total. The molecular weight excluding hydrogens is 271 g/mol. The molecule has 0 radical (unpaired) electrons. The number of benzene rings is 1. The van der Waals surface area contributed by atoms with Crippen LogP contribution in [0.2, 0.25) is 0 Å². The highest BCUT2D eigenvalue weighted by atomic mass is 19.1. The highest BCUT2D eigenvalue weighted by Gasteiger charge is 2.10. The molecule has 1 rings (SSSR count). The molecule has 0 aliphatic heterocycles. The van der Waals surface area contributed by atoms with E-state index in [4.69, 9.17) is 4.74 Å². The molecule has 1 aromatic carbocycles. The molecule has 5 heteroatoms. The number of carbonyl (C=O) groups is 1. The summed E-state index contributed by atoms with van der Waals surface area (Å²) in [4.78, 5) is 11.5. The van der Waals surface area contributed by atoms with E-state index in [1.165, 1.54) is 6.07 Å². The number of ether oxygens (including phenoxy) is 1. The first kappa shape index (κ1) is 17.4. The van der Waals surface area contributed by atoms with Crippen molar-refractivity contribution in [2.24, 2.45) is 0 Å². The Hall–Kier alpha value is -1.62. The minimum absolute atomic E-state index is 0.0795. The van der Waals surface area contributed by atoms with E-state index in [1.807, 2.05) is 20.8 Å². The zero-order valence-electron chi connectivity index (χ0n) is 13.0. The van der Waals surface area contributed by atoms with Gasteiger partial charge in [-0.25, -0.2) is 4.39 Å². The summed E-state index contributed by atoms with van der Waals surface area (Å²) in [5, 5.41) is 5.94. The average molecular weight is 296 g/mol. The predicted molar refractivity (Wildman–Crippen MR) is 81.9 cm³/mol. The van der Waals surface area contributed by atoms with E-state index in [9.17, 15) is 9.18 Å². The van der Waals surface area contributed by atoms with Crippen LogP contribution in [-0.4, -0.2) is 25.6 Å². The van der Waals surface area contributed by atoms with Crippen LogP contribution >= 0.6 is 0 Å². The lowest BCUT2D eigenvalue weighted by molar-refractivity contribution is -0.123. The Morgan fingerprint density at radius 2 is 2.14 bits per heavy atom. The number of carbonyl (C=O) groups excluding carboxylic acids is 1. The monoisotopic (exact) mass is 296 g/mol. The molecule has 0 heterocycles. The molecule has 118 valence electrons. The van der Waals surface area contributed by atoms with E-state index >= 15 is 0 Å². The fourth-order valence-corrected chi connectivity index (χ4v) is 1.93. The third kappa shape index (κ3) is 6.12. The molecule has 0 aliphatic carbocycles. The number of hydrogen-bond acceptors (Lipinski definition) is 3. The molecule has 0 saturated heterocycles.